The molecule has 2 aromatic rings. The van der Waals surface area contributed by atoms with E-state index in [-0.39, 0.29) is 13.5 Å². The molecule has 4 aliphatic carbocycles. The second-order valence-corrected chi connectivity index (χ2v) is 5.60. The van der Waals surface area contributed by atoms with E-state index in [1.165, 1.54) is 26.7 Å². The van der Waals surface area contributed by atoms with Crippen molar-refractivity contribution in [3.05, 3.63) is 69.2 Å². The zero-order chi connectivity index (χ0) is 11.7. The van der Waals surface area contributed by atoms with Crippen LogP contribution in [0.2, 0.25) is 0 Å². The number of rotatable bonds is 0. The molecule has 0 fully saturated rings. The standard InChI is InChI=1S/C16H15Br.H2S/c17-16-11-14-6-5-12-1-3-13(4-2-12)7-9-15(16)10-8-14;/h1-4,8,10-11H,5-7,9H2;1H2. The summed E-state index contributed by atoms with van der Waals surface area (Å²) >= 11 is 3.69. The summed E-state index contributed by atoms with van der Waals surface area (Å²) < 4.78 is 1.27. The average Bonchev–Trinajstić information content (AvgIpc) is 2.34. The first-order valence-corrected chi connectivity index (χ1v) is 6.96. The summed E-state index contributed by atoms with van der Waals surface area (Å²) in [5.41, 5.74) is 5.71. The van der Waals surface area contributed by atoms with Gasteiger partial charge in [-0.05, 0) is 54.0 Å². The van der Waals surface area contributed by atoms with E-state index in [0.29, 0.717) is 0 Å². The van der Waals surface area contributed by atoms with Crippen molar-refractivity contribution in [1.82, 2.24) is 0 Å². The van der Waals surface area contributed by atoms with Gasteiger partial charge in [0.25, 0.3) is 0 Å². The Morgan fingerprint density at radius 1 is 0.667 bits per heavy atom. The monoisotopic (exact) mass is 320 g/mol. The summed E-state index contributed by atoms with van der Waals surface area (Å²) in [6.45, 7) is 0. The van der Waals surface area contributed by atoms with Gasteiger partial charge in [-0.1, -0.05) is 52.3 Å². The second-order valence-electron chi connectivity index (χ2n) is 4.74. The van der Waals surface area contributed by atoms with Crippen LogP contribution >= 0.6 is 29.4 Å². The maximum atomic E-state index is 3.69. The third kappa shape index (κ3) is 2.99. The summed E-state index contributed by atoms with van der Waals surface area (Å²) in [6.07, 6.45) is 4.49. The molecule has 4 aliphatic rings. The topological polar surface area (TPSA) is 0 Å². The summed E-state index contributed by atoms with van der Waals surface area (Å²) in [5.74, 6) is 0. The van der Waals surface area contributed by atoms with Crippen molar-refractivity contribution in [3.63, 3.8) is 0 Å². The van der Waals surface area contributed by atoms with Crippen LogP contribution in [0, 0.1) is 0 Å². The van der Waals surface area contributed by atoms with E-state index < -0.39 is 0 Å². The average molecular weight is 321 g/mol. The molecule has 0 heterocycles. The normalized spacial score (nSPS) is 13.6. The highest BCUT2D eigenvalue weighted by atomic mass is 79.9. The quantitative estimate of drug-likeness (QED) is 0.673. The molecule has 0 aromatic heterocycles. The van der Waals surface area contributed by atoms with Gasteiger partial charge >= 0.3 is 0 Å². The Labute approximate surface area is 124 Å². The minimum Gasteiger partial charge on any atom is -0.197 e. The molecule has 0 radical (unpaired) electrons. The molecule has 4 bridgehead atoms. The lowest BCUT2D eigenvalue weighted by Gasteiger charge is -2.11. The summed E-state index contributed by atoms with van der Waals surface area (Å²) in [6, 6.07) is 15.9. The molecular weight excluding hydrogens is 304 g/mol. The third-order valence-corrected chi connectivity index (χ3v) is 4.26. The van der Waals surface area contributed by atoms with Crippen LogP contribution in [-0.2, 0) is 25.7 Å². The zero-order valence-electron chi connectivity index (χ0n) is 10.2. The lowest BCUT2D eigenvalue weighted by molar-refractivity contribution is 0.917. The Bertz CT molecular complexity index is 531. The van der Waals surface area contributed by atoms with Gasteiger partial charge in [-0.3, -0.25) is 0 Å². The van der Waals surface area contributed by atoms with Gasteiger partial charge in [-0.25, -0.2) is 0 Å². The minimum absolute atomic E-state index is 0. The predicted octanol–water partition coefficient (Wildman–Crippen LogP) is 4.45. The Hall–Kier alpha value is -0.730. The van der Waals surface area contributed by atoms with E-state index >= 15 is 0 Å². The number of aryl methyl sites for hydroxylation is 4. The Morgan fingerprint density at radius 3 is 1.78 bits per heavy atom. The van der Waals surface area contributed by atoms with Crippen LogP contribution in [0.15, 0.2) is 46.9 Å². The van der Waals surface area contributed by atoms with Crippen molar-refractivity contribution >= 4 is 29.4 Å². The van der Waals surface area contributed by atoms with Gasteiger partial charge in [-0.2, -0.15) is 13.5 Å². The van der Waals surface area contributed by atoms with Crippen molar-refractivity contribution in [2.24, 2.45) is 0 Å². The largest absolute Gasteiger partial charge is 0.197 e. The van der Waals surface area contributed by atoms with E-state index in [4.69, 9.17) is 0 Å². The molecule has 18 heavy (non-hydrogen) atoms. The predicted molar refractivity (Wildman–Crippen MR) is 85.8 cm³/mol. The van der Waals surface area contributed by atoms with Crippen molar-refractivity contribution in [2.45, 2.75) is 25.7 Å². The van der Waals surface area contributed by atoms with Gasteiger partial charge in [-0.15, -0.1) is 0 Å². The number of benzene rings is 2. The smallest absolute Gasteiger partial charge is 0.0210 e. The maximum Gasteiger partial charge on any atom is 0.0210 e. The van der Waals surface area contributed by atoms with Crippen LogP contribution in [0.1, 0.15) is 22.3 Å². The summed E-state index contributed by atoms with van der Waals surface area (Å²) in [5, 5.41) is 0. The van der Waals surface area contributed by atoms with E-state index in [2.05, 4.69) is 58.4 Å². The maximum absolute atomic E-state index is 3.69. The van der Waals surface area contributed by atoms with E-state index in [1.54, 1.807) is 0 Å². The van der Waals surface area contributed by atoms with Crippen molar-refractivity contribution in [1.29, 1.82) is 0 Å². The lowest BCUT2D eigenvalue weighted by Crippen LogP contribution is -1.98. The van der Waals surface area contributed by atoms with Gasteiger partial charge in [0.05, 0.1) is 0 Å². The van der Waals surface area contributed by atoms with Crippen LogP contribution in [0.25, 0.3) is 0 Å². The molecule has 6 rings (SSSR count). The minimum atomic E-state index is 0. The van der Waals surface area contributed by atoms with Gasteiger partial charge in [0, 0.05) is 4.47 Å². The molecular formula is C16H17BrS. The zero-order valence-corrected chi connectivity index (χ0v) is 12.8. The molecule has 0 atom stereocenters. The first kappa shape index (κ1) is 13.7. The van der Waals surface area contributed by atoms with E-state index in [1.807, 2.05) is 0 Å². The molecule has 0 saturated heterocycles. The fourth-order valence-corrected chi connectivity index (χ4v) is 3.01. The summed E-state index contributed by atoms with van der Waals surface area (Å²) in [4.78, 5) is 0. The van der Waals surface area contributed by atoms with Crippen LogP contribution in [0.3, 0.4) is 0 Å². The Balaban J connectivity index is 0.00000120. The molecule has 0 unspecified atom stereocenters. The van der Waals surface area contributed by atoms with Crippen LogP contribution < -0.4 is 0 Å². The fourth-order valence-electron chi connectivity index (χ4n) is 2.39. The molecule has 2 aromatic carbocycles. The van der Waals surface area contributed by atoms with Crippen LogP contribution in [0.5, 0.6) is 0 Å². The third-order valence-electron chi connectivity index (χ3n) is 3.53. The highest BCUT2D eigenvalue weighted by Crippen LogP contribution is 2.22. The van der Waals surface area contributed by atoms with Crippen LogP contribution in [-0.4, -0.2) is 0 Å². The van der Waals surface area contributed by atoms with Crippen molar-refractivity contribution in [3.8, 4) is 0 Å². The van der Waals surface area contributed by atoms with E-state index in [9.17, 15) is 0 Å². The summed E-state index contributed by atoms with van der Waals surface area (Å²) in [7, 11) is 0. The molecule has 0 nitrogen and oxygen atoms in total. The molecule has 2 heteroatoms. The second kappa shape index (κ2) is 5.94. The highest BCUT2D eigenvalue weighted by Gasteiger charge is 2.05. The SMILES string of the molecule is Brc1cc2ccc1CCc1ccc(cc1)CC2.S. The molecule has 0 spiro atoms. The number of hydrogen-bond acceptors (Lipinski definition) is 0. The lowest BCUT2D eigenvalue weighted by atomic mass is 9.97. The highest BCUT2D eigenvalue weighted by molar-refractivity contribution is 9.10. The number of halogens is 1. The molecule has 0 saturated carbocycles. The van der Waals surface area contributed by atoms with Gasteiger partial charge in [0.1, 0.15) is 0 Å². The van der Waals surface area contributed by atoms with Crippen molar-refractivity contribution in [2.75, 3.05) is 0 Å². The molecule has 0 aliphatic heterocycles. The van der Waals surface area contributed by atoms with Gasteiger partial charge in [0.15, 0.2) is 0 Å². The molecule has 0 amide bonds. The first-order chi connectivity index (χ1) is 8.31. The van der Waals surface area contributed by atoms with Crippen molar-refractivity contribution < 1.29 is 0 Å². The first-order valence-electron chi connectivity index (χ1n) is 6.16. The Morgan fingerprint density at radius 2 is 1.17 bits per heavy atom. The van der Waals surface area contributed by atoms with Gasteiger partial charge < -0.3 is 0 Å². The van der Waals surface area contributed by atoms with Gasteiger partial charge in [0.2, 0.25) is 0 Å². The molecule has 0 N–H and O–H groups in total. The molecule has 94 valence electrons. The Kier molecular flexibility index (Phi) is 4.52. The van der Waals surface area contributed by atoms with E-state index in [0.717, 1.165) is 25.7 Å². The fraction of sp³-hybridized carbons (Fsp3) is 0.250. The van der Waals surface area contributed by atoms with Crippen LogP contribution in [0.4, 0.5) is 0 Å². The number of hydrogen-bond donors (Lipinski definition) is 0.